The summed E-state index contributed by atoms with van der Waals surface area (Å²) in [5, 5.41) is 12.3. The first-order chi connectivity index (χ1) is 12.2. The summed E-state index contributed by atoms with van der Waals surface area (Å²) in [4.78, 5) is 10.8. The number of rotatable bonds is 7. The van der Waals surface area contributed by atoms with E-state index in [9.17, 15) is 9.18 Å². The fourth-order valence-corrected chi connectivity index (χ4v) is 4.09. The van der Waals surface area contributed by atoms with Crippen molar-refractivity contribution >= 4 is 55.1 Å². The van der Waals surface area contributed by atoms with Gasteiger partial charge < -0.3 is 15.2 Å². The van der Waals surface area contributed by atoms with Crippen molar-refractivity contribution < 1.29 is 19.0 Å². The zero-order valence-corrected chi connectivity index (χ0v) is 18.0. The van der Waals surface area contributed by atoms with Gasteiger partial charge >= 0.3 is 5.97 Å². The number of nitrogens with one attached hydrogen (secondary N) is 1. The Bertz CT molecular complexity index is 807. The third-order valence-corrected chi connectivity index (χ3v) is 4.74. The highest BCUT2D eigenvalue weighted by atomic mass is 79.9. The van der Waals surface area contributed by atoms with Crippen LogP contribution >= 0.6 is 43.5 Å². The van der Waals surface area contributed by atoms with Gasteiger partial charge in [-0.05, 0) is 75.5 Å². The number of hydrogen-bond donors (Lipinski definition) is 2. The lowest BCUT2D eigenvalue weighted by Crippen LogP contribution is -2.12. The van der Waals surface area contributed by atoms with Gasteiger partial charge in [0.1, 0.15) is 12.4 Å². The largest absolute Gasteiger partial charge is 0.486 e. The Morgan fingerprint density at radius 3 is 2.42 bits per heavy atom. The average Bonchev–Trinajstić information content (AvgIpc) is 2.49. The van der Waals surface area contributed by atoms with Crippen molar-refractivity contribution in [3.05, 3.63) is 55.2 Å². The van der Waals surface area contributed by atoms with E-state index in [4.69, 9.17) is 21.4 Å². The smallest absolute Gasteiger partial charge is 0.307 e. The minimum atomic E-state index is -0.927. The molecule has 26 heavy (non-hydrogen) atoms. The van der Waals surface area contributed by atoms with E-state index in [1.54, 1.807) is 12.1 Å². The third kappa shape index (κ3) is 5.59. The summed E-state index contributed by atoms with van der Waals surface area (Å²) >= 11 is 12.8. The van der Waals surface area contributed by atoms with Crippen LogP contribution in [0.2, 0.25) is 5.02 Å². The van der Waals surface area contributed by atoms with Crippen LogP contribution in [0.25, 0.3) is 0 Å². The Balaban J connectivity index is 2.23. The van der Waals surface area contributed by atoms with Crippen molar-refractivity contribution in [1.29, 1.82) is 0 Å². The fraction of sp³-hybridized carbons (Fsp3) is 0.278. The number of ether oxygens (including phenoxy) is 1. The number of carbonyl (C=O) groups is 1. The van der Waals surface area contributed by atoms with Crippen molar-refractivity contribution in [3.63, 3.8) is 0 Å². The van der Waals surface area contributed by atoms with Crippen molar-refractivity contribution in [3.8, 4) is 5.75 Å². The summed E-state index contributed by atoms with van der Waals surface area (Å²) in [5.74, 6) is -0.890. The van der Waals surface area contributed by atoms with Gasteiger partial charge in [-0.1, -0.05) is 11.6 Å². The van der Waals surface area contributed by atoms with Gasteiger partial charge in [0.05, 0.1) is 21.1 Å². The van der Waals surface area contributed by atoms with Gasteiger partial charge in [0.25, 0.3) is 0 Å². The Morgan fingerprint density at radius 1 is 1.27 bits per heavy atom. The summed E-state index contributed by atoms with van der Waals surface area (Å²) in [6, 6.07) is 6.43. The van der Waals surface area contributed by atoms with Crippen molar-refractivity contribution in [2.24, 2.45) is 0 Å². The Kier molecular flexibility index (Phi) is 7.32. The number of benzene rings is 2. The lowest BCUT2D eigenvalue weighted by atomic mass is 10.1. The molecule has 0 aliphatic carbocycles. The molecule has 2 aromatic carbocycles. The minimum Gasteiger partial charge on any atom is -0.486 e. The van der Waals surface area contributed by atoms with Gasteiger partial charge in [-0.15, -0.1) is 0 Å². The molecule has 4 nitrogen and oxygen atoms in total. The van der Waals surface area contributed by atoms with Crippen LogP contribution in [0, 0.1) is 5.82 Å². The van der Waals surface area contributed by atoms with Crippen LogP contribution in [0.1, 0.15) is 25.0 Å². The first kappa shape index (κ1) is 21.0. The van der Waals surface area contributed by atoms with Gasteiger partial charge in [-0.2, -0.15) is 0 Å². The second-order valence-electron chi connectivity index (χ2n) is 5.97. The molecule has 0 bridgehead atoms. The molecule has 0 aliphatic rings. The molecule has 0 atom stereocenters. The topological polar surface area (TPSA) is 58.6 Å². The molecule has 0 unspecified atom stereocenters. The average molecular weight is 510 g/mol. The highest BCUT2D eigenvalue weighted by Crippen LogP contribution is 2.36. The number of carboxylic acid groups (broad SMARTS) is 1. The van der Waals surface area contributed by atoms with Crippen molar-refractivity contribution in [2.75, 3.05) is 5.32 Å². The first-order valence-electron chi connectivity index (χ1n) is 7.74. The van der Waals surface area contributed by atoms with E-state index in [0.717, 1.165) is 0 Å². The molecule has 0 heterocycles. The normalized spacial score (nSPS) is 10.9. The molecule has 0 aliphatic heterocycles. The number of carboxylic acids is 1. The summed E-state index contributed by atoms with van der Waals surface area (Å²) in [7, 11) is 0. The maximum atomic E-state index is 14.6. The number of aliphatic carboxylic acids is 1. The molecule has 140 valence electrons. The summed E-state index contributed by atoms with van der Waals surface area (Å²) in [5.41, 5.74) is 1.25. The molecule has 0 saturated carbocycles. The van der Waals surface area contributed by atoms with Crippen LogP contribution in [0.5, 0.6) is 5.75 Å². The fourth-order valence-electron chi connectivity index (χ4n) is 2.34. The van der Waals surface area contributed by atoms with E-state index in [-0.39, 0.29) is 19.1 Å². The molecule has 0 saturated heterocycles. The first-order valence-corrected chi connectivity index (χ1v) is 9.70. The number of anilines is 1. The van der Waals surface area contributed by atoms with Crippen LogP contribution in [-0.4, -0.2) is 17.1 Å². The van der Waals surface area contributed by atoms with E-state index in [1.807, 2.05) is 13.8 Å². The Hall–Kier alpha value is -1.31. The zero-order chi connectivity index (χ0) is 19.4. The molecular weight excluding hydrogens is 492 g/mol. The van der Waals surface area contributed by atoms with E-state index < -0.39 is 11.8 Å². The second-order valence-corrected chi connectivity index (χ2v) is 8.12. The van der Waals surface area contributed by atoms with Crippen molar-refractivity contribution in [1.82, 2.24) is 0 Å². The standard InChI is InChI=1S/C18H17Br2ClFNO3/c1-9(2)23-15-7-12(21)6-11(17(15)22)8-26-18-13(19)3-10(4-14(18)20)5-16(24)25/h3-4,6-7,9,23H,5,8H2,1-2H3,(H,24,25). The van der Waals surface area contributed by atoms with E-state index in [1.165, 1.54) is 12.1 Å². The highest BCUT2D eigenvalue weighted by molar-refractivity contribution is 9.11. The molecule has 8 heteroatoms. The molecule has 0 fully saturated rings. The lowest BCUT2D eigenvalue weighted by molar-refractivity contribution is -0.136. The minimum absolute atomic E-state index is 0.0331. The van der Waals surface area contributed by atoms with Gasteiger partial charge in [0.2, 0.25) is 0 Å². The maximum absolute atomic E-state index is 14.6. The van der Waals surface area contributed by atoms with Crippen LogP contribution in [-0.2, 0) is 17.8 Å². The molecule has 0 radical (unpaired) electrons. The predicted molar refractivity (Wildman–Crippen MR) is 108 cm³/mol. The van der Waals surface area contributed by atoms with Crippen LogP contribution in [0.15, 0.2) is 33.2 Å². The van der Waals surface area contributed by atoms with E-state index >= 15 is 0 Å². The Morgan fingerprint density at radius 2 is 1.88 bits per heavy atom. The summed E-state index contributed by atoms with van der Waals surface area (Å²) in [6.07, 6.45) is -0.107. The number of halogens is 4. The summed E-state index contributed by atoms with van der Waals surface area (Å²) in [6.45, 7) is 3.78. The van der Waals surface area contributed by atoms with Crippen LogP contribution in [0.3, 0.4) is 0 Å². The van der Waals surface area contributed by atoms with Gasteiger partial charge in [-0.25, -0.2) is 4.39 Å². The SMILES string of the molecule is CC(C)Nc1cc(Cl)cc(COc2c(Br)cc(CC(=O)O)cc2Br)c1F. The molecule has 2 rings (SSSR count). The van der Waals surface area contributed by atoms with Gasteiger partial charge in [-0.3, -0.25) is 4.79 Å². The van der Waals surface area contributed by atoms with E-state index in [2.05, 4.69) is 37.2 Å². The second kappa shape index (κ2) is 9.06. The molecule has 2 N–H and O–H groups in total. The zero-order valence-electron chi connectivity index (χ0n) is 14.1. The number of hydrogen-bond acceptors (Lipinski definition) is 3. The van der Waals surface area contributed by atoms with Gasteiger partial charge in [0.15, 0.2) is 5.82 Å². The molecule has 0 spiro atoms. The third-order valence-electron chi connectivity index (χ3n) is 3.34. The summed E-state index contributed by atoms with van der Waals surface area (Å²) < 4.78 is 21.5. The molecule has 2 aromatic rings. The molecule has 0 amide bonds. The highest BCUT2D eigenvalue weighted by Gasteiger charge is 2.15. The lowest BCUT2D eigenvalue weighted by Gasteiger charge is -2.16. The van der Waals surface area contributed by atoms with Crippen molar-refractivity contribution in [2.45, 2.75) is 32.9 Å². The monoisotopic (exact) mass is 507 g/mol. The van der Waals surface area contributed by atoms with Gasteiger partial charge in [0, 0.05) is 16.6 Å². The van der Waals surface area contributed by atoms with E-state index in [0.29, 0.717) is 36.5 Å². The van der Waals surface area contributed by atoms with Crippen LogP contribution in [0.4, 0.5) is 10.1 Å². The molecular formula is C18H17Br2ClFNO3. The maximum Gasteiger partial charge on any atom is 0.307 e. The predicted octanol–water partition coefficient (Wildman–Crippen LogP) is 6.03. The molecule has 0 aromatic heterocycles. The van der Waals surface area contributed by atoms with Crippen LogP contribution < -0.4 is 10.1 Å². The quantitative estimate of drug-likeness (QED) is 0.479. The Labute approximate surface area is 173 Å².